The molecule has 0 radical (unpaired) electrons. The molecule has 2 aromatic carbocycles. The molecule has 0 spiro atoms. The molecular weight excluding hydrogens is 424 g/mol. The Morgan fingerprint density at radius 1 is 1.03 bits per heavy atom. The van der Waals surface area contributed by atoms with Gasteiger partial charge in [-0.2, -0.15) is 9.40 Å². The van der Waals surface area contributed by atoms with Crippen molar-refractivity contribution >= 4 is 10.0 Å². The summed E-state index contributed by atoms with van der Waals surface area (Å²) >= 11 is 0. The fourth-order valence-corrected chi connectivity index (χ4v) is 5.30. The Bertz CT molecular complexity index is 1190. The lowest BCUT2D eigenvalue weighted by Gasteiger charge is -2.27. The van der Waals surface area contributed by atoms with Gasteiger partial charge in [0.2, 0.25) is 10.0 Å². The normalized spacial score (nSPS) is 14.5. The standard InChI is InChI=1S/C22H23F2N3O3S/c1-26-22-8-9-27(31(28,29)15-17-5-3-7-19(24)11-17)12-20(22)21(25-26)14-30-13-16-4-2-6-18(23)10-16/h2-7,10-11H,8-9,12-15H2,1H3. The zero-order chi connectivity index (χ0) is 22.0. The summed E-state index contributed by atoms with van der Waals surface area (Å²) in [6.07, 6.45) is 0.533. The third-order valence-corrected chi connectivity index (χ3v) is 7.12. The van der Waals surface area contributed by atoms with Gasteiger partial charge in [-0.15, -0.1) is 0 Å². The van der Waals surface area contributed by atoms with Gasteiger partial charge in [0.1, 0.15) is 11.6 Å². The molecule has 2 heterocycles. The van der Waals surface area contributed by atoms with E-state index >= 15 is 0 Å². The molecule has 0 atom stereocenters. The number of hydrogen-bond acceptors (Lipinski definition) is 4. The van der Waals surface area contributed by atoms with E-state index in [2.05, 4.69) is 5.10 Å². The van der Waals surface area contributed by atoms with Gasteiger partial charge in [-0.25, -0.2) is 17.2 Å². The van der Waals surface area contributed by atoms with E-state index in [0.717, 1.165) is 11.3 Å². The summed E-state index contributed by atoms with van der Waals surface area (Å²) in [6.45, 7) is 0.954. The molecule has 0 bridgehead atoms. The number of aryl methyl sites for hydroxylation is 1. The van der Waals surface area contributed by atoms with Crippen molar-refractivity contribution in [2.24, 2.45) is 7.05 Å². The average Bonchev–Trinajstić information content (AvgIpc) is 3.03. The fourth-order valence-electron chi connectivity index (χ4n) is 3.82. The van der Waals surface area contributed by atoms with E-state index in [1.165, 1.54) is 34.6 Å². The first-order chi connectivity index (χ1) is 14.8. The predicted octanol–water partition coefficient (Wildman–Crippen LogP) is 3.30. The molecule has 31 heavy (non-hydrogen) atoms. The number of nitrogens with zero attached hydrogens (tertiary/aromatic N) is 3. The van der Waals surface area contributed by atoms with Crippen molar-refractivity contribution in [1.29, 1.82) is 0 Å². The second-order valence-corrected chi connectivity index (χ2v) is 9.56. The van der Waals surface area contributed by atoms with Crippen LogP contribution in [0.25, 0.3) is 0 Å². The summed E-state index contributed by atoms with van der Waals surface area (Å²) in [5, 5.41) is 4.50. The van der Waals surface area contributed by atoms with Gasteiger partial charge in [0.15, 0.2) is 0 Å². The summed E-state index contributed by atoms with van der Waals surface area (Å²) in [6, 6.07) is 11.8. The highest BCUT2D eigenvalue weighted by Crippen LogP contribution is 2.26. The smallest absolute Gasteiger partial charge is 0.218 e. The Morgan fingerprint density at radius 2 is 1.71 bits per heavy atom. The molecule has 9 heteroatoms. The third-order valence-electron chi connectivity index (χ3n) is 5.32. The van der Waals surface area contributed by atoms with Gasteiger partial charge < -0.3 is 4.74 Å². The molecule has 0 N–H and O–H groups in total. The van der Waals surface area contributed by atoms with Crippen LogP contribution in [0, 0.1) is 11.6 Å². The number of rotatable bonds is 7. The van der Waals surface area contributed by atoms with Crippen molar-refractivity contribution < 1.29 is 21.9 Å². The summed E-state index contributed by atoms with van der Waals surface area (Å²) < 4.78 is 61.5. The van der Waals surface area contributed by atoms with Gasteiger partial charge in [0, 0.05) is 37.8 Å². The van der Waals surface area contributed by atoms with E-state index in [0.29, 0.717) is 29.8 Å². The molecule has 1 aliphatic rings. The van der Waals surface area contributed by atoms with E-state index in [1.54, 1.807) is 22.9 Å². The van der Waals surface area contributed by atoms with Crippen molar-refractivity contribution in [2.45, 2.75) is 31.9 Å². The molecular formula is C22H23F2N3O3S. The Kier molecular flexibility index (Phi) is 6.17. The molecule has 164 valence electrons. The van der Waals surface area contributed by atoms with Crippen LogP contribution in [0.15, 0.2) is 48.5 Å². The zero-order valence-electron chi connectivity index (χ0n) is 17.1. The quantitative estimate of drug-likeness (QED) is 0.558. The maximum atomic E-state index is 13.4. The number of fused-ring (bicyclic) bond motifs is 1. The molecule has 0 saturated carbocycles. The predicted molar refractivity (Wildman–Crippen MR) is 111 cm³/mol. The number of aromatic nitrogens is 2. The minimum atomic E-state index is -3.62. The van der Waals surface area contributed by atoms with E-state index in [9.17, 15) is 17.2 Å². The second-order valence-electron chi connectivity index (χ2n) is 7.59. The van der Waals surface area contributed by atoms with E-state index in [-0.39, 0.29) is 31.3 Å². The maximum Gasteiger partial charge on any atom is 0.218 e. The van der Waals surface area contributed by atoms with Crippen molar-refractivity contribution in [2.75, 3.05) is 6.54 Å². The molecule has 3 aromatic rings. The van der Waals surface area contributed by atoms with Crippen LogP contribution < -0.4 is 0 Å². The Morgan fingerprint density at radius 3 is 2.42 bits per heavy atom. The molecule has 0 unspecified atom stereocenters. The first-order valence-corrected chi connectivity index (χ1v) is 11.5. The monoisotopic (exact) mass is 447 g/mol. The van der Waals surface area contributed by atoms with Crippen LogP contribution in [0.1, 0.15) is 28.1 Å². The summed E-state index contributed by atoms with van der Waals surface area (Å²) in [4.78, 5) is 0. The van der Waals surface area contributed by atoms with Crippen molar-refractivity contribution in [3.8, 4) is 0 Å². The van der Waals surface area contributed by atoms with Crippen LogP contribution in [0.4, 0.5) is 8.78 Å². The molecule has 4 rings (SSSR count). The van der Waals surface area contributed by atoms with E-state index < -0.39 is 15.8 Å². The SMILES string of the molecule is Cn1nc(COCc2cccc(F)c2)c2c1CCN(S(=O)(=O)Cc1cccc(F)c1)C2. The van der Waals surface area contributed by atoms with Crippen molar-refractivity contribution in [1.82, 2.24) is 14.1 Å². The highest BCUT2D eigenvalue weighted by molar-refractivity contribution is 7.88. The van der Waals surface area contributed by atoms with Gasteiger partial charge in [0.25, 0.3) is 0 Å². The van der Waals surface area contributed by atoms with Gasteiger partial charge in [-0.3, -0.25) is 4.68 Å². The summed E-state index contributed by atoms with van der Waals surface area (Å²) in [7, 11) is -1.80. The van der Waals surface area contributed by atoms with E-state index in [4.69, 9.17) is 4.74 Å². The van der Waals surface area contributed by atoms with Crippen LogP contribution in [0.3, 0.4) is 0 Å². The molecule has 0 saturated heterocycles. The van der Waals surface area contributed by atoms with Crippen molar-refractivity contribution in [3.63, 3.8) is 0 Å². The lowest BCUT2D eigenvalue weighted by molar-refractivity contribution is 0.103. The Balaban J connectivity index is 1.46. The maximum absolute atomic E-state index is 13.4. The van der Waals surface area contributed by atoms with E-state index in [1.807, 2.05) is 7.05 Å². The zero-order valence-corrected chi connectivity index (χ0v) is 17.9. The van der Waals surface area contributed by atoms with Gasteiger partial charge >= 0.3 is 0 Å². The lowest BCUT2D eigenvalue weighted by atomic mass is 10.1. The summed E-state index contributed by atoms with van der Waals surface area (Å²) in [5.74, 6) is -1.04. The molecule has 0 fully saturated rings. The topological polar surface area (TPSA) is 64.4 Å². The van der Waals surface area contributed by atoms with Gasteiger partial charge in [-0.1, -0.05) is 24.3 Å². The van der Waals surface area contributed by atoms with Crippen LogP contribution >= 0.6 is 0 Å². The number of ether oxygens (including phenoxy) is 1. The first kappa shape index (κ1) is 21.6. The molecule has 1 aromatic heterocycles. The Labute approximate surface area is 180 Å². The Hall–Kier alpha value is -2.62. The van der Waals surface area contributed by atoms with Crippen LogP contribution in [0.5, 0.6) is 0 Å². The van der Waals surface area contributed by atoms with Crippen LogP contribution in [-0.4, -0.2) is 29.0 Å². The second kappa shape index (κ2) is 8.86. The average molecular weight is 448 g/mol. The van der Waals surface area contributed by atoms with Gasteiger partial charge in [0.05, 0.1) is 24.7 Å². The largest absolute Gasteiger partial charge is 0.370 e. The third kappa shape index (κ3) is 5.00. The minimum Gasteiger partial charge on any atom is -0.370 e. The van der Waals surface area contributed by atoms with Gasteiger partial charge in [-0.05, 0) is 35.4 Å². The number of sulfonamides is 1. The number of halogens is 2. The highest BCUT2D eigenvalue weighted by Gasteiger charge is 2.31. The lowest BCUT2D eigenvalue weighted by Crippen LogP contribution is -2.37. The summed E-state index contributed by atoms with van der Waals surface area (Å²) in [5.41, 5.74) is 3.59. The first-order valence-electron chi connectivity index (χ1n) is 9.90. The molecule has 6 nitrogen and oxygen atoms in total. The highest BCUT2D eigenvalue weighted by atomic mass is 32.2. The van der Waals surface area contributed by atoms with Crippen LogP contribution in [0.2, 0.25) is 0 Å². The molecule has 0 aliphatic carbocycles. The molecule has 1 aliphatic heterocycles. The number of hydrogen-bond donors (Lipinski definition) is 0. The fraction of sp³-hybridized carbons (Fsp3) is 0.318. The number of benzene rings is 2. The van der Waals surface area contributed by atoms with Crippen molar-refractivity contribution in [3.05, 3.63) is 88.2 Å². The minimum absolute atomic E-state index is 0.192. The van der Waals surface area contributed by atoms with Crippen LogP contribution in [-0.2, 0) is 53.7 Å². The molecule has 0 amide bonds.